The molecule has 4 nitrogen and oxygen atoms in total. The number of nitrogens with zero attached hydrogens (tertiary/aromatic N) is 1. The minimum atomic E-state index is -0.00530. The Balaban J connectivity index is 0.00000190. The van der Waals surface area contributed by atoms with Crippen LogP contribution in [0.25, 0.3) is 6.08 Å². The standard InChI is InChI=1S/C20H22N2O2P2.C2H6/c1-13-3-4-15(10-19-14(2)7-20(24)22-26-19)8-17(13)11-18(25)9-16(12-21)5-6-23;1-2/h3-9,11,19,23,26H,10,25H2,1-2H3,(H,22,24);1-2H3/b6-5+,16-9+,18-11+;. The van der Waals surface area contributed by atoms with Gasteiger partial charge in [-0.1, -0.05) is 37.6 Å². The highest BCUT2D eigenvalue weighted by Gasteiger charge is 2.18. The van der Waals surface area contributed by atoms with Gasteiger partial charge in [-0.05, 0) is 69.2 Å². The molecule has 1 aliphatic rings. The summed E-state index contributed by atoms with van der Waals surface area (Å²) >= 11 is 0. The summed E-state index contributed by atoms with van der Waals surface area (Å²) in [6.45, 7) is 8.05. The molecule has 3 unspecified atom stereocenters. The molecule has 1 aromatic carbocycles. The van der Waals surface area contributed by atoms with Crippen LogP contribution in [-0.2, 0) is 11.2 Å². The van der Waals surface area contributed by atoms with Crippen LogP contribution >= 0.6 is 18.0 Å². The number of aliphatic hydroxyl groups is 1. The maximum atomic E-state index is 11.4. The molecule has 0 bridgehead atoms. The third kappa shape index (κ3) is 7.43. The number of nitriles is 1. The average molecular weight is 414 g/mol. The molecule has 28 heavy (non-hydrogen) atoms. The highest BCUT2D eigenvalue weighted by atomic mass is 31.1. The summed E-state index contributed by atoms with van der Waals surface area (Å²) in [5.74, 6) is -0.00530. The monoisotopic (exact) mass is 414 g/mol. The molecule has 1 amide bonds. The van der Waals surface area contributed by atoms with Crippen molar-refractivity contribution in [2.75, 3.05) is 0 Å². The van der Waals surface area contributed by atoms with E-state index in [9.17, 15) is 4.79 Å². The first-order valence-corrected chi connectivity index (χ1v) is 10.8. The van der Waals surface area contributed by atoms with Gasteiger partial charge in [0.1, 0.15) is 0 Å². The van der Waals surface area contributed by atoms with Gasteiger partial charge in [-0.2, -0.15) is 5.26 Å². The van der Waals surface area contributed by atoms with Crippen LogP contribution in [0, 0.1) is 18.3 Å². The number of aryl methyl sites for hydroxylation is 1. The second-order valence-electron chi connectivity index (χ2n) is 6.14. The van der Waals surface area contributed by atoms with E-state index in [0.717, 1.165) is 34.7 Å². The minimum absolute atomic E-state index is 0.00530. The van der Waals surface area contributed by atoms with Crippen molar-refractivity contribution < 1.29 is 9.90 Å². The van der Waals surface area contributed by atoms with Crippen molar-refractivity contribution in [3.05, 3.63) is 75.8 Å². The summed E-state index contributed by atoms with van der Waals surface area (Å²) in [5.41, 5.74) is 5.27. The molecular weight excluding hydrogens is 386 g/mol. The number of allylic oxidation sites excluding steroid dienone is 5. The van der Waals surface area contributed by atoms with Crippen molar-refractivity contribution in [1.29, 1.82) is 5.26 Å². The molecule has 0 aliphatic carbocycles. The maximum absolute atomic E-state index is 11.4. The molecule has 148 valence electrons. The lowest BCUT2D eigenvalue weighted by Gasteiger charge is -2.22. The van der Waals surface area contributed by atoms with Crippen molar-refractivity contribution >= 4 is 30.0 Å². The van der Waals surface area contributed by atoms with Crippen LogP contribution in [0.4, 0.5) is 0 Å². The first-order valence-electron chi connectivity index (χ1n) is 9.16. The lowest BCUT2D eigenvalue weighted by molar-refractivity contribution is -0.114. The normalized spacial score (nSPS) is 18.2. The zero-order valence-electron chi connectivity index (χ0n) is 16.8. The number of carbonyl (C=O) groups excluding carboxylic acids is 1. The Bertz CT molecular complexity index is 862. The van der Waals surface area contributed by atoms with Crippen LogP contribution in [0.1, 0.15) is 37.5 Å². The fraction of sp³-hybridized carbons (Fsp3) is 0.273. The Morgan fingerprint density at radius 2 is 2.11 bits per heavy atom. The van der Waals surface area contributed by atoms with Gasteiger partial charge in [0.2, 0.25) is 5.91 Å². The fourth-order valence-corrected chi connectivity index (χ4v) is 4.03. The van der Waals surface area contributed by atoms with E-state index < -0.39 is 0 Å². The van der Waals surface area contributed by atoms with E-state index in [-0.39, 0.29) is 5.91 Å². The summed E-state index contributed by atoms with van der Waals surface area (Å²) in [5, 5.41) is 21.6. The van der Waals surface area contributed by atoms with E-state index in [0.29, 0.717) is 20.0 Å². The van der Waals surface area contributed by atoms with Gasteiger partial charge in [-0.3, -0.25) is 4.79 Å². The van der Waals surface area contributed by atoms with E-state index in [2.05, 4.69) is 32.5 Å². The molecule has 2 rings (SSSR count). The fourth-order valence-electron chi connectivity index (χ4n) is 2.63. The SMILES string of the molecule is CC.CC1=CC(=O)NPC1Cc1ccc(C)c(\C=C(P)/C=C(C#N)\C=C\O)c1. The van der Waals surface area contributed by atoms with Crippen LogP contribution in [0.5, 0.6) is 0 Å². The predicted molar refractivity (Wildman–Crippen MR) is 123 cm³/mol. The van der Waals surface area contributed by atoms with E-state index in [4.69, 9.17) is 10.4 Å². The van der Waals surface area contributed by atoms with Gasteiger partial charge in [-0.15, -0.1) is 9.24 Å². The number of rotatable bonds is 5. The molecule has 6 heteroatoms. The van der Waals surface area contributed by atoms with Crippen LogP contribution in [-0.4, -0.2) is 16.7 Å². The van der Waals surface area contributed by atoms with Crippen molar-refractivity contribution in [2.45, 2.75) is 39.8 Å². The van der Waals surface area contributed by atoms with Crippen LogP contribution in [0.3, 0.4) is 0 Å². The highest BCUT2D eigenvalue weighted by molar-refractivity contribution is 7.38. The first-order chi connectivity index (χ1) is 13.4. The molecule has 0 aromatic heterocycles. The van der Waals surface area contributed by atoms with Crippen molar-refractivity contribution in [2.24, 2.45) is 0 Å². The second kappa shape index (κ2) is 12.3. The number of benzene rings is 1. The summed E-state index contributed by atoms with van der Waals surface area (Å²) in [6, 6.07) is 8.38. The molecule has 1 heterocycles. The second-order valence-corrected chi connectivity index (χ2v) is 8.04. The number of aliphatic hydroxyl groups excluding tert-OH is 1. The molecule has 2 N–H and O–H groups in total. The molecule has 0 saturated carbocycles. The van der Waals surface area contributed by atoms with E-state index in [1.54, 1.807) is 12.2 Å². The van der Waals surface area contributed by atoms with Crippen LogP contribution < -0.4 is 5.09 Å². The largest absolute Gasteiger partial charge is 0.516 e. The van der Waals surface area contributed by atoms with Crippen LogP contribution in [0.2, 0.25) is 0 Å². The lowest BCUT2D eigenvalue weighted by Crippen LogP contribution is -2.24. The summed E-state index contributed by atoms with van der Waals surface area (Å²) in [6.07, 6.45) is 8.47. The Hall–Kier alpha value is -2.20. The van der Waals surface area contributed by atoms with Gasteiger partial charge in [-0.25, -0.2) is 0 Å². The zero-order valence-corrected chi connectivity index (χ0v) is 18.9. The zero-order chi connectivity index (χ0) is 21.1. The molecule has 1 aliphatic heterocycles. The van der Waals surface area contributed by atoms with E-state index >= 15 is 0 Å². The Morgan fingerprint density at radius 1 is 1.39 bits per heavy atom. The number of amides is 1. The number of hydrogen-bond donors (Lipinski definition) is 2. The third-order valence-electron chi connectivity index (χ3n) is 4.09. The molecular formula is C22H28N2O2P2. The number of hydrogen-bond acceptors (Lipinski definition) is 3. The van der Waals surface area contributed by atoms with Crippen LogP contribution in [0.15, 0.2) is 59.1 Å². The topological polar surface area (TPSA) is 73.1 Å². The summed E-state index contributed by atoms with van der Waals surface area (Å²) < 4.78 is 0. The van der Waals surface area contributed by atoms with Gasteiger partial charge >= 0.3 is 0 Å². The smallest absolute Gasteiger partial charge is 0.246 e. The number of nitrogens with one attached hydrogen (secondary N) is 1. The van der Waals surface area contributed by atoms with Gasteiger partial charge in [0.05, 0.1) is 17.9 Å². The molecule has 0 fully saturated rings. The molecule has 0 saturated heterocycles. The first kappa shape index (κ1) is 23.8. The molecule has 0 radical (unpaired) electrons. The summed E-state index contributed by atoms with van der Waals surface area (Å²) in [4.78, 5) is 11.4. The van der Waals surface area contributed by atoms with Gasteiger partial charge in [0, 0.05) is 11.7 Å². The van der Waals surface area contributed by atoms with Crippen molar-refractivity contribution in [1.82, 2.24) is 5.09 Å². The van der Waals surface area contributed by atoms with Gasteiger partial charge < -0.3 is 10.2 Å². The minimum Gasteiger partial charge on any atom is -0.516 e. The predicted octanol–water partition coefficient (Wildman–Crippen LogP) is 5.34. The maximum Gasteiger partial charge on any atom is 0.246 e. The highest BCUT2D eigenvalue weighted by Crippen LogP contribution is 2.30. The third-order valence-corrected chi connectivity index (χ3v) is 5.82. The lowest BCUT2D eigenvalue weighted by atomic mass is 9.99. The Labute approximate surface area is 172 Å². The molecule has 0 spiro atoms. The van der Waals surface area contributed by atoms with Crippen molar-refractivity contribution in [3.8, 4) is 6.07 Å². The molecule has 3 atom stereocenters. The van der Waals surface area contributed by atoms with E-state index in [1.165, 1.54) is 11.6 Å². The summed E-state index contributed by atoms with van der Waals surface area (Å²) in [7, 11) is 3.01. The van der Waals surface area contributed by atoms with Gasteiger partial charge in [0.25, 0.3) is 0 Å². The quantitative estimate of drug-likeness (QED) is 0.296. The Kier molecular flexibility index (Phi) is 10.5. The van der Waals surface area contributed by atoms with Gasteiger partial charge in [0.15, 0.2) is 0 Å². The van der Waals surface area contributed by atoms with E-state index in [1.807, 2.05) is 39.8 Å². The molecule has 1 aromatic rings. The van der Waals surface area contributed by atoms with Crippen molar-refractivity contribution in [3.63, 3.8) is 0 Å². The average Bonchev–Trinajstić information content (AvgIpc) is 2.67. The Morgan fingerprint density at radius 3 is 2.71 bits per heavy atom. The number of carbonyl (C=O) groups is 1.